The highest BCUT2D eigenvalue weighted by atomic mass is 35.5. The molecule has 0 atom stereocenters. The molecule has 0 bridgehead atoms. The van der Waals surface area contributed by atoms with Crippen LogP contribution < -0.4 is 15.9 Å². The molecule has 1 heterocycles. The molecule has 1 aromatic carbocycles. The minimum absolute atomic E-state index is 0.171. The second-order valence-electron chi connectivity index (χ2n) is 4.02. The van der Waals surface area contributed by atoms with Crippen LogP contribution >= 0.6 is 23.2 Å². The molecular formula is C11H14Cl2N6O. The first-order valence-corrected chi connectivity index (χ1v) is 6.76. The molecule has 2 aromatic rings. The maximum Gasteiger partial charge on any atom is 0.260 e. The molecule has 0 amide bonds. The Labute approximate surface area is 126 Å². The molecular weight excluding hydrogens is 303 g/mol. The van der Waals surface area contributed by atoms with Gasteiger partial charge in [0.05, 0.1) is 23.2 Å². The molecule has 1 aromatic heterocycles. The van der Waals surface area contributed by atoms with Gasteiger partial charge in [-0.25, -0.2) is 0 Å². The molecule has 0 radical (unpaired) electrons. The predicted octanol–water partition coefficient (Wildman–Crippen LogP) is 2.09. The molecule has 3 N–H and O–H groups in total. The molecule has 7 nitrogen and oxygen atoms in total. The summed E-state index contributed by atoms with van der Waals surface area (Å²) in [4.78, 5) is 1.27. The normalized spacial score (nSPS) is 10.6. The Bertz CT molecular complexity index is 565. The van der Waals surface area contributed by atoms with Gasteiger partial charge in [-0.1, -0.05) is 35.2 Å². The zero-order valence-electron chi connectivity index (χ0n) is 10.8. The van der Waals surface area contributed by atoms with Crippen LogP contribution in [0.3, 0.4) is 0 Å². The van der Waals surface area contributed by atoms with Gasteiger partial charge in [0.25, 0.3) is 5.95 Å². The summed E-state index contributed by atoms with van der Waals surface area (Å²) in [5.74, 6) is 0.672. The minimum atomic E-state index is 0.171. The maximum atomic E-state index is 6.15. The Balaban J connectivity index is 2.08. The third-order valence-corrected chi connectivity index (χ3v) is 3.00. The van der Waals surface area contributed by atoms with Crippen molar-refractivity contribution < 1.29 is 4.74 Å². The number of anilines is 1. The van der Waals surface area contributed by atoms with Crippen molar-refractivity contribution in [2.75, 3.05) is 17.8 Å². The SMILES string of the molecule is CCCOc1c(Cl)cc(CNn2nnnc2N)cc1Cl. The fraction of sp³-hybridized carbons (Fsp3) is 0.364. The van der Waals surface area contributed by atoms with Gasteiger partial charge in [0, 0.05) is 0 Å². The van der Waals surface area contributed by atoms with E-state index in [-0.39, 0.29) is 5.95 Å². The van der Waals surface area contributed by atoms with E-state index < -0.39 is 0 Å². The molecule has 0 saturated carbocycles. The molecule has 2 rings (SSSR count). The number of halogens is 2. The van der Waals surface area contributed by atoms with Gasteiger partial charge in [0.1, 0.15) is 0 Å². The number of nitrogen functional groups attached to an aromatic ring is 1. The van der Waals surface area contributed by atoms with Crippen LogP contribution in [0, 0.1) is 0 Å². The van der Waals surface area contributed by atoms with E-state index >= 15 is 0 Å². The van der Waals surface area contributed by atoms with Gasteiger partial charge in [0.15, 0.2) is 5.75 Å². The monoisotopic (exact) mass is 316 g/mol. The molecule has 9 heteroatoms. The molecule has 0 unspecified atom stereocenters. The van der Waals surface area contributed by atoms with Crippen LogP contribution in [-0.4, -0.2) is 26.9 Å². The number of tetrazole rings is 1. The third kappa shape index (κ3) is 3.43. The summed E-state index contributed by atoms with van der Waals surface area (Å²) in [5, 5.41) is 11.6. The lowest BCUT2D eigenvalue weighted by atomic mass is 10.2. The molecule has 108 valence electrons. The third-order valence-electron chi connectivity index (χ3n) is 2.44. The Morgan fingerprint density at radius 3 is 2.60 bits per heavy atom. The topological polar surface area (TPSA) is 90.9 Å². The average Bonchev–Trinajstić information content (AvgIpc) is 2.81. The fourth-order valence-corrected chi connectivity index (χ4v) is 2.17. The molecule has 0 spiro atoms. The second-order valence-corrected chi connectivity index (χ2v) is 4.84. The van der Waals surface area contributed by atoms with Crippen LogP contribution in [0.5, 0.6) is 5.75 Å². The summed E-state index contributed by atoms with van der Waals surface area (Å²) in [6.45, 7) is 3.00. The van der Waals surface area contributed by atoms with Gasteiger partial charge in [-0.2, -0.15) is 0 Å². The average molecular weight is 317 g/mol. The van der Waals surface area contributed by atoms with E-state index in [9.17, 15) is 0 Å². The summed E-state index contributed by atoms with van der Waals surface area (Å²) in [6, 6.07) is 3.54. The predicted molar refractivity (Wildman–Crippen MR) is 77.5 cm³/mol. The minimum Gasteiger partial charge on any atom is -0.490 e. The number of hydrogen-bond donors (Lipinski definition) is 2. The highest BCUT2D eigenvalue weighted by Gasteiger charge is 2.10. The molecule has 0 aliphatic rings. The number of ether oxygens (including phenoxy) is 1. The van der Waals surface area contributed by atoms with Gasteiger partial charge in [0.2, 0.25) is 0 Å². The van der Waals surface area contributed by atoms with E-state index in [1.54, 1.807) is 12.1 Å². The summed E-state index contributed by atoms with van der Waals surface area (Å²) in [7, 11) is 0. The van der Waals surface area contributed by atoms with Crippen molar-refractivity contribution >= 4 is 29.2 Å². The number of rotatable bonds is 6. The molecule has 20 heavy (non-hydrogen) atoms. The number of nitrogens with one attached hydrogen (secondary N) is 1. The second kappa shape index (κ2) is 6.62. The molecule has 0 fully saturated rings. The Kier molecular flexibility index (Phi) is 4.86. The maximum absolute atomic E-state index is 6.15. The van der Waals surface area contributed by atoms with Crippen LogP contribution in [0.4, 0.5) is 5.95 Å². The van der Waals surface area contributed by atoms with Gasteiger partial charge < -0.3 is 15.9 Å². The highest BCUT2D eigenvalue weighted by Crippen LogP contribution is 2.34. The molecule has 0 aliphatic heterocycles. The summed E-state index contributed by atoms with van der Waals surface area (Å²) < 4.78 is 5.50. The van der Waals surface area contributed by atoms with Crippen LogP contribution in [0.25, 0.3) is 0 Å². The van der Waals surface area contributed by atoms with Gasteiger partial charge in [-0.05, 0) is 34.5 Å². The Hall–Kier alpha value is -1.73. The number of nitrogens with two attached hydrogens (primary N) is 1. The first-order chi connectivity index (χ1) is 9.61. The van der Waals surface area contributed by atoms with E-state index in [0.29, 0.717) is 28.9 Å². The Morgan fingerprint density at radius 2 is 2.05 bits per heavy atom. The first kappa shape index (κ1) is 14.7. The highest BCUT2D eigenvalue weighted by molar-refractivity contribution is 6.37. The van der Waals surface area contributed by atoms with Crippen molar-refractivity contribution in [2.45, 2.75) is 19.9 Å². The van der Waals surface area contributed by atoms with E-state index in [4.69, 9.17) is 33.7 Å². The first-order valence-electron chi connectivity index (χ1n) is 6.00. The van der Waals surface area contributed by atoms with Crippen molar-refractivity contribution in [1.29, 1.82) is 0 Å². The van der Waals surface area contributed by atoms with Crippen LogP contribution in [0.15, 0.2) is 12.1 Å². The van der Waals surface area contributed by atoms with E-state index in [0.717, 1.165) is 12.0 Å². The summed E-state index contributed by atoms with van der Waals surface area (Å²) in [6.07, 6.45) is 0.883. The van der Waals surface area contributed by atoms with E-state index in [1.807, 2.05) is 6.92 Å². The smallest absolute Gasteiger partial charge is 0.260 e. The summed E-state index contributed by atoms with van der Waals surface area (Å²) >= 11 is 12.3. The number of nitrogens with zero attached hydrogens (tertiary/aromatic N) is 4. The fourth-order valence-electron chi connectivity index (χ4n) is 1.53. The quantitative estimate of drug-likeness (QED) is 0.848. The van der Waals surface area contributed by atoms with Crippen molar-refractivity contribution in [2.24, 2.45) is 0 Å². The zero-order chi connectivity index (χ0) is 14.5. The number of hydrogen-bond acceptors (Lipinski definition) is 6. The van der Waals surface area contributed by atoms with Gasteiger partial charge in [-0.15, -0.1) is 4.79 Å². The van der Waals surface area contributed by atoms with Crippen molar-refractivity contribution in [3.63, 3.8) is 0 Å². The van der Waals surface area contributed by atoms with Crippen LogP contribution in [0.1, 0.15) is 18.9 Å². The lowest BCUT2D eigenvalue weighted by Gasteiger charge is -2.12. The van der Waals surface area contributed by atoms with Crippen molar-refractivity contribution in [3.05, 3.63) is 27.7 Å². The van der Waals surface area contributed by atoms with Gasteiger partial charge in [-0.3, -0.25) is 0 Å². The largest absolute Gasteiger partial charge is 0.490 e. The summed E-state index contributed by atoms with van der Waals surface area (Å²) in [5.41, 5.74) is 9.32. The van der Waals surface area contributed by atoms with E-state index in [2.05, 4.69) is 21.0 Å². The number of benzene rings is 1. The molecule has 0 aliphatic carbocycles. The lowest BCUT2D eigenvalue weighted by Crippen LogP contribution is -2.18. The van der Waals surface area contributed by atoms with Crippen LogP contribution in [-0.2, 0) is 6.54 Å². The van der Waals surface area contributed by atoms with Gasteiger partial charge >= 0.3 is 0 Å². The Morgan fingerprint density at radius 1 is 1.35 bits per heavy atom. The lowest BCUT2D eigenvalue weighted by molar-refractivity contribution is 0.318. The van der Waals surface area contributed by atoms with Crippen molar-refractivity contribution in [3.8, 4) is 5.75 Å². The zero-order valence-corrected chi connectivity index (χ0v) is 12.3. The number of aromatic nitrogens is 4. The van der Waals surface area contributed by atoms with E-state index in [1.165, 1.54) is 4.79 Å². The van der Waals surface area contributed by atoms with Crippen LogP contribution in [0.2, 0.25) is 10.0 Å². The molecule has 0 saturated heterocycles. The van der Waals surface area contributed by atoms with Crippen molar-refractivity contribution in [1.82, 2.24) is 20.3 Å². The standard InChI is InChI=1S/C11H14Cl2N6O/c1-2-3-20-10-8(12)4-7(5-9(10)13)6-15-19-11(14)16-17-18-19/h4-5,15H,2-3,6H2,1H3,(H2,14,16,18).